The molecule has 0 heterocycles. The van der Waals surface area contributed by atoms with Gasteiger partial charge < -0.3 is 10.1 Å². The van der Waals surface area contributed by atoms with Crippen molar-refractivity contribution in [2.75, 3.05) is 13.1 Å². The van der Waals surface area contributed by atoms with E-state index in [1.165, 1.54) is 5.41 Å². The molecule has 30 heavy (non-hydrogen) atoms. The number of sulfonamides is 1. The molecule has 0 fully saturated rings. The summed E-state index contributed by atoms with van der Waals surface area (Å²) in [5, 5.41) is 3.89. The molecule has 0 aliphatic heterocycles. The van der Waals surface area contributed by atoms with Gasteiger partial charge in [-0.1, -0.05) is 54.6 Å². The van der Waals surface area contributed by atoms with Gasteiger partial charge in [0, 0.05) is 18.5 Å². The minimum Gasteiger partial charge on any atom is -0.444 e. The SMILES string of the molecule is CC(C)(C)OC(=O)NCCc1ccccc1/C=C/S(=O)(=O)NCCc1ccccc1. The normalized spacial score (nSPS) is 12.1. The number of alkyl carbamates (subject to hydrolysis) is 1. The lowest BCUT2D eigenvalue weighted by atomic mass is 10.0. The van der Waals surface area contributed by atoms with Gasteiger partial charge in [-0.3, -0.25) is 0 Å². The van der Waals surface area contributed by atoms with E-state index >= 15 is 0 Å². The Balaban J connectivity index is 1.89. The standard InChI is InChI=1S/C23H30N2O4S/c1-23(2,3)29-22(26)24-16-14-20-11-7-8-12-21(20)15-18-30(27,28)25-17-13-19-9-5-4-6-10-19/h4-12,15,18,25H,13-14,16-17H2,1-3H3,(H,24,26)/b18-15+. The van der Waals surface area contributed by atoms with E-state index in [4.69, 9.17) is 4.74 Å². The summed E-state index contributed by atoms with van der Waals surface area (Å²) in [6, 6.07) is 17.2. The maximum absolute atomic E-state index is 12.3. The number of benzene rings is 2. The lowest BCUT2D eigenvalue weighted by Crippen LogP contribution is -2.33. The highest BCUT2D eigenvalue weighted by molar-refractivity contribution is 7.92. The molecule has 2 aromatic carbocycles. The number of hydrogen-bond acceptors (Lipinski definition) is 4. The van der Waals surface area contributed by atoms with Crippen molar-refractivity contribution >= 4 is 22.2 Å². The van der Waals surface area contributed by atoms with Crippen LogP contribution in [-0.2, 0) is 27.6 Å². The molecule has 6 nitrogen and oxygen atoms in total. The predicted molar refractivity (Wildman–Crippen MR) is 120 cm³/mol. The zero-order chi connectivity index (χ0) is 22.0. The van der Waals surface area contributed by atoms with Gasteiger partial charge in [-0.2, -0.15) is 0 Å². The first-order chi connectivity index (χ1) is 14.1. The van der Waals surface area contributed by atoms with E-state index in [0.717, 1.165) is 16.7 Å². The highest BCUT2D eigenvalue weighted by Gasteiger charge is 2.15. The van der Waals surface area contributed by atoms with E-state index in [2.05, 4.69) is 10.0 Å². The Hall–Kier alpha value is -2.64. The summed E-state index contributed by atoms with van der Waals surface area (Å²) in [4.78, 5) is 11.8. The first-order valence-electron chi connectivity index (χ1n) is 9.91. The van der Waals surface area contributed by atoms with Crippen LogP contribution in [0.4, 0.5) is 4.79 Å². The molecule has 0 aliphatic rings. The van der Waals surface area contributed by atoms with Crippen LogP contribution < -0.4 is 10.0 Å². The van der Waals surface area contributed by atoms with Gasteiger partial charge in [-0.05, 0) is 56.4 Å². The minimum atomic E-state index is -3.54. The summed E-state index contributed by atoms with van der Waals surface area (Å²) in [5.41, 5.74) is 2.25. The Morgan fingerprint density at radius 2 is 1.63 bits per heavy atom. The molecular weight excluding hydrogens is 400 g/mol. The topological polar surface area (TPSA) is 84.5 Å². The van der Waals surface area contributed by atoms with Crippen LogP contribution in [0.1, 0.15) is 37.5 Å². The van der Waals surface area contributed by atoms with Crippen LogP contribution in [0.2, 0.25) is 0 Å². The van der Waals surface area contributed by atoms with Crippen LogP contribution >= 0.6 is 0 Å². The second-order valence-corrected chi connectivity index (χ2v) is 9.51. The number of amides is 1. The summed E-state index contributed by atoms with van der Waals surface area (Å²) >= 11 is 0. The highest BCUT2D eigenvalue weighted by Crippen LogP contribution is 2.12. The van der Waals surface area contributed by atoms with Crippen LogP contribution in [0, 0.1) is 0 Å². The Labute approximate surface area is 179 Å². The molecule has 1 amide bonds. The Morgan fingerprint density at radius 1 is 0.967 bits per heavy atom. The molecule has 7 heteroatoms. The lowest BCUT2D eigenvalue weighted by Gasteiger charge is -2.19. The number of nitrogens with one attached hydrogen (secondary N) is 2. The lowest BCUT2D eigenvalue weighted by molar-refractivity contribution is 0.0528. The number of hydrogen-bond donors (Lipinski definition) is 2. The van der Waals surface area contributed by atoms with E-state index in [-0.39, 0.29) is 0 Å². The summed E-state index contributed by atoms with van der Waals surface area (Å²) < 4.78 is 32.3. The zero-order valence-corrected chi connectivity index (χ0v) is 18.5. The molecule has 2 N–H and O–H groups in total. The number of carbonyl (C=O) groups excluding carboxylic acids is 1. The first kappa shape index (κ1) is 23.6. The monoisotopic (exact) mass is 430 g/mol. The molecule has 2 aromatic rings. The molecule has 0 bridgehead atoms. The van der Waals surface area contributed by atoms with E-state index < -0.39 is 21.7 Å². The Kier molecular flexibility index (Phi) is 8.62. The second kappa shape index (κ2) is 10.9. The fourth-order valence-corrected chi connectivity index (χ4v) is 3.54. The highest BCUT2D eigenvalue weighted by atomic mass is 32.2. The molecule has 0 aliphatic carbocycles. The van der Waals surface area contributed by atoms with Crippen LogP contribution in [0.3, 0.4) is 0 Å². The van der Waals surface area contributed by atoms with Crippen LogP contribution in [0.15, 0.2) is 60.0 Å². The van der Waals surface area contributed by atoms with Gasteiger partial charge in [0.15, 0.2) is 0 Å². The van der Waals surface area contributed by atoms with Gasteiger partial charge in [0.05, 0.1) is 0 Å². The fourth-order valence-electron chi connectivity index (χ4n) is 2.73. The third-order valence-electron chi connectivity index (χ3n) is 4.10. The number of ether oxygens (including phenoxy) is 1. The van der Waals surface area contributed by atoms with Crippen molar-refractivity contribution in [3.8, 4) is 0 Å². The van der Waals surface area contributed by atoms with Gasteiger partial charge in [-0.15, -0.1) is 0 Å². The van der Waals surface area contributed by atoms with Gasteiger partial charge in [0.1, 0.15) is 5.60 Å². The van der Waals surface area contributed by atoms with Crippen molar-refractivity contribution in [1.29, 1.82) is 0 Å². The van der Waals surface area contributed by atoms with Gasteiger partial charge in [0.25, 0.3) is 0 Å². The van der Waals surface area contributed by atoms with Crippen molar-refractivity contribution < 1.29 is 17.9 Å². The molecule has 2 rings (SSSR count). The minimum absolute atomic E-state index is 0.331. The molecule has 0 unspecified atom stereocenters. The summed E-state index contributed by atoms with van der Waals surface area (Å²) in [6.45, 7) is 6.14. The van der Waals surface area contributed by atoms with E-state index in [0.29, 0.717) is 25.9 Å². The molecule has 0 saturated carbocycles. The largest absolute Gasteiger partial charge is 0.444 e. The van der Waals surface area contributed by atoms with Crippen LogP contribution in [0.25, 0.3) is 6.08 Å². The predicted octanol–water partition coefficient (Wildman–Crippen LogP) is 3.89. The third-order valence-corrected chi connectivity index (χ3v) is 5.21. The van der Waals surface area contributed by atoms with Crippen molar-refractivity contribution in [3.63, 3.8) is 0 Å². The average Bonchev–Trinajstić information content (AvgIpc) is 2.66. The molecule has 0 spiro atoms. The summed E-state index contributed by atoms with van der Waals surface area (Å²) in [5.74, 6) is 0. The van der Waals surface area contributed by atoms with Crippen molar-refractivity contribution in [2.24, 2.45) is 0 Å². The van der Waals surface area contributed by atoms with Gasteiger partial charge in [-0.25, -0.2) is 17.9 Å². The smallest absolute Gasteiger partial charge is 0.407 e. The van der Waals surface area contributed by atoms with Crippen LogP contribution in [0.5, 0.6) is 0 Å². The van der Waals surface area contributed by atoms with E-state index in [9.17, 15) is 13.2 Å². The van der Waals surface area contributed by atoms with Gasteiger partial charge in [0.2, 0.25) is 10.0 Å². The average molecular weight is 431 g/mol. The molecule has 0 radical (unpaired) electrons. The van der Waals surface area contributed by atoms with E-state index in [1.54, 1.807) is 26.8 Å². The zero-order valence-electron chi connectivity index (χ0n) is 17.7. The Morgan fingerprint density at radius 3 is 2.33 bits per heavy atom. The van der Waals surface area contributed by atoms with Crippen molar-refractivity contribution in [2.45, 2.75) is 39.2 Å². The van der Waals surface area contributed by atoms with Crippen LogP contribution in [-0.4, -0.2) is 33.2 Å². The number of carbonyl (C=O) groups is 1. The maximum atomic E-state index is 12.3. The van der Waals surface area contributed by atoms with Crippen molar-refractivity contribution in [1.82, 2.24) is 10.0 Å². The first-order valence-corrected chi connectivity index (χ1v) is 11.5. The molecule has 0 saturated heterocycles. The quantitative estimate of drug-likeness (QED) is 0.632. The van der Waals surface area contributed by atoms with Crippen molar-refractivity contribution in [3.05, 3.63) is 76.7 Å². The van der Waals surface area contributed by atoms with E-state index in [1.807, 2.05) is 54.6 Å². The summed E-state index contributed by atoms with van der Waals surface area (Å²) in [6.07, 6.45) is 2.29. The fraction of sp³-hybridized carbons (Fsp3) is 0.348. The number of rotatable bonds is 9. The maximum Gasteiger partial charge on any atom is 0.407 e. The third kappa shape index (κ3) is 9.24. The molecule has 0 aromatic heterocycles. The Bertz CT molecular complexity index is 949. The summed E-state index contributed by atoms with van der Waals surface area (Å²) in [7, 11) is -3.54. The molecular formula is C23H30N2O4S. The van der Waals surface area contributed by atoms with Gasteiger partial charge >= 0.3 is 6.09 Å². The molecule has 162 valence electrons. The second-order valence-electron chi connectivity index (χ2n) is 7.86. The molecule has 0 atom stereocenters.